The zero-order valence-electron chi connectivity index (χ0n) is 13.6. The highest BCUT2D eigenvalue weighted by Gasteiger charge is 2.45. The van der Waals surface area contributed by atoms with E-state index < -0.39 is 5.60 Å². The SMILES string of the molecule is CSc1ccc(/C=C/C(=O)NC[C@@](O)(c2cccs2)C2CC2)cc1. The summed E-state index contributed by atoms with van der Waals surface area (Å²) in [7, 11) is 0. The summed E-state index contributed by atoms with van der Waals surface area (Å²) in [5, 5.41) is 15.8. The molecule has 3 rings (SSSR count). The molecule has 1 aliphatic carbocycles. The van der Waals surface area contributed by atoms with Crippen LogP contribution in [-0.4, -0.2) is 23.8 Å². The summed E-state index contributed by atoms with van der Waals surface area (Å²) in [5.74, 6) is 0.0686. The van der Waals surface area contributed by atoms with Crippen molar-refractivity contribution in [2.75, 3.05) is 12.8 Å². The van der Waals surface area contributed by atoms with Crippen LogP contribution in [0, 0.1) is 5.92 Å². The molecular weight excluding hydrogens is 338 g/mol. The molecule has 3 nitrogen and oxygen atoms in total. The zero-order chi connectivity index (χ0) is 17.0. The summed E-state index contributed by atoms with van der Waals surface area (Å²) >= 11 is 3.23. The van der Waals surface area contributed by atoms with Crippen LogP contribution in [0.15, 0.2) is 52.7 Å². The van der Waals surface area contributed by atoms with E-state index in [-0.39, 0.29) is 18.4 Å². The summed E-state index contributed by atoms with van der Waals surface area (Å²) < 4.78 is 0. The van der Waals surface area contributed by atoms with Crippen molar-refractivity contribution in [3.63, 3.8) is 0 Å². The van der Waals surface area contributed by atoms with Gasteiger partial charge in [-0.15, -0.1) is 23.1 Å². The van der Waals surface area contributed by atoms with E-state index in [1.54, 1.807) is 29.2 Å². The van der Waals surface area contributed by atoms with Gasteiger partial charge >= 0.3 is 0 Å². The average molecular weight is 360 g/mol. The van der Waals surface area contributed by atoms with Crippen LogP contribution < -0.4 is 5.32 Å². The Morgan fingerprint density at radius 2 is 2.12 bits per heavy atom. The summed E-state index contributed by atoms with van der Waals surface area (Å²) in [4.78, 5) is 14.2. The number of hydrogen-bond donors (Lipinski definition) is 2. The minimum atomic E-state index is -0.933. The van der Waals surface area contributed by atoms with E-state index in [1.165, 1.54) is 11.0 Å². The second-order valence-electron chi connectivity index (χ2n) is 6.00. The van der Waals surface area contributed by atoms with Gasteiger partial charge in [0.1, 0.15) is 5.60 Å². The van der Waals surface area contributed by atoms with Crippen LogP contribution in [0.5, 0.6) is 0 Å². The van der Waals surface area contributed by atoms with Crippen molar-refractivity contribution in [1.82, 2.24) is 5.32 Å². The topological polar surface area (TPSA) is 49.3 Å². The molecule has 2 aromatic rings. The molecule has 126 valence electrons. The summed E-state index contributed by atoms with van der Waals surface area (Å²) in [6.07, 6.45) is 7.38. The fourth-order valence-corrected chi connectivity index (χ4v) is 4.00. The molecule has 1 fully saturated rings. The second kappa shape index (κ2) is 7.55. The van der Waals surface area contributed by atoms with Gasteiger partial charge in [0.2, 0.25) is 5.91 Å². The number of thiophene rings is 1. The Labute approximate surface area is 150 Å². The fraction of sp³-hybridized carbons (Fsp3) is 0.316. The lowest BCUT2D eigenvalue weighted by Gasteiger charge is -2.27. The minimum absolute atomic E-state index is 0.181. The molecule has 5 heteroatoms. The Hall–Kier alpha value is -1.56. The second-order valence-corrected chi connectivity index (χ2v) is 7.83. The standard InChI is InChI=1S/C19H21NO2S2/c1-23-16-9-4-14(5-10-16)6-11-18(21)20-13-19(22,15-7-8-15)17-3-2-12-24-17/h2-6,9-12,15,22H,7-8,13H2,1H3,(H,20,21)/b11-6+/t19-/m0/s1. The van der Waals surface area contributed by atoms with Crippen LogP contribution in [0.2, 0.25) is 0 Å². The first kappa shape index (κ1) is 17.3. The first-order chi connectivity index (χ1) is 11.6. The highest BCUT2D eigenvalue weighted by molar-refractivity contribution is 7.98. The van der Waals surface area contributed by atoms with E-state index in [0.29, 0.717) is 0 Å². The molecule has 24 heavy (non-hydrogen) atoms. The Bertz CT molecular complexity index is 705. The van der Waals surface area contributed by atoms with E-state index >= 15 is 0 Å². The van der Waals surface area contributed by atoms with E-state index in [0.717, 1.165) is 23.3 Å². The lowest BCUT2D eigenvalue weighted by Crippen LogP contribution is -2.41. The van der Waals surface area contributed by atoms with Crippen molar-refractivity contribution in [3.05, 3.63) is 58.3 Å². The third-order valence-electron chi connectivity index (χ3n) is 4.28. The van der Waals surface area contributed by atoms with E-state index in [2.05, 4.69) is 5.32 Å². The van der Waals surface area contributed by atoms with Crippen molar-refractivity contribution in [2.24, 2.45) is 5.92 Å². The van der Waals surface area contributed by atoms with E-state index in [9.17, 15) is 9.90 Å². The average Bonchev–Trinajstić information content (AvgIpc) is 3.33. The smallest absolute Gasteiger partial charge is 0.244 e. The van der Waals surface area contributed by atoms with Gasteiger partial charge in [0.25, 0.3) is 0 Å². The third-order valence-corrected chi connectivity index (χ3v) is 6.06. The zero-order valence-corrected chi connectivity index (χ0v) is 15.2. The molecule has 0 saturated heterocycles. The molecular formula is C19H21NO2S2. The number of aliphatic hydroxyl groups is 1. The molecule has 1 aliphatic rings. The van der Waals surface area contributed by atoms with Crippen LogP contribution in [0.1, 0.15) is 23.3 Å². The van der Waals surface area contributed by atoms with Crippen molar-refractivity contribution in [3.8, 4) is 0 Å². The van der Waals surface area contributed by atoms with Crippen molar-refractivity contribution >= 4 is 35.1 Å². The number of benzene rings is 1. The highest BCUT2D eigenvalue weighted by atomic mass is 32.2. The molecule has 0 radical (unpaired) electrons. The van der Waals surface area contributed by atoms with Gasteiger partial charge < -0.3 is 10.4 Å². The number of amides is 1. The third kappa shape index (κ3) is 4.09. The van der Waals surface area contributed by atoms with Crippen molar-refractivity contribution in [2.45, 2.75) is 23.3 Å². The largest absolute Gasteiger partial charge is 0.382 e. The summed E-state index contributed by atoms with van der Waals surface area (Å²) in [6.45, 7) is 0.257. The molecule has 0 spiro atoms. The first-order valence-electron chi connectivity index (χ1n) is 7.98. The van der Waals surface area contributed by atoms with Gasteiger partial charge in [0, 0.05) is 15.8 Å². The van der Waals surface area contributed by atoms with Gasteiger partial charge in [-0.3, -0.25) is 4.79 Å². The molecule has 1 aromatic heterocycles. The predicted octanol–water partition coefficient (Wildman–Crippen LogP) is 3.90. The lowest BCUT2D eigenvalue weighted by molar-refractivity contribution is -0.118. The molecule has 1 heterocycles. The van der Waals surface area contributed by atoms with Crippen LogP contribution in [-0.2, 0) is 10.4 Å². The quantitative estimate of drug-likeness (QED) is 0.582. The Morgan fingerprint density at radius 1 is 1.38 bits per heavy atom. The van der Waals surface area contributed by atoms with Crippen LogP contribution >= 0.6 is 23.1 Å². The maximum absolute atomic E-state index is 12.1. The molecule has 0 bridgehead atoms. The molecule has 1 atom stereocenters. The van der Waals surface area contributed by atoms with E-state index in [1.807, 2.05) is 48.0 Å². The van der Waals surface area contributed by atoms with Gasteiger partial charge in [-0.25, -0.2) is 0 Å². The molecule has 2 N–H and O–H groups in total. The molecule has 0 aliphatic heterocycles. The Balaban J connectivity index is 1.59. The van der Waals surface area contributed by atoms with Gasteiger partial charge in [-0.05, 0) is 60.2 Å². The number of nitrogens with one attached hydrogen (secondary N) is 1. The molecule has 1 saturated carbocycles. The van der Waals surface area contributed by atoms with Crippen LogP contribution in [0.4, 0.5) is 0 Å². The molecule has 1 aromatic carbocycles. The normalized spacial score (nSPS) is 16.9. The fourth-order valence-electron chi connectivity index (χ4n) is 2.69. The number of rotatable bonds is 7. The number of hydrogen-bond acceptors (Lipinski definition) is 4. The monoisotopic (exact) mass is 359 g/mol. The van der Waals surface area contributed by atoms with Gasteiger partial charge in [0.15, 0.2) is 0 Å². The lowest BCUT2D eigenvalue weighted by atomic mass is 9.95. The summed E-state index contributed by atoms with van der Waals surface area (Å²) in [5.41, 5.74) is 0.0520. The van der Waals surface area contributed by atoms with Gasteiger partial charge in [-0.1, -0.05) is 18.2 Å². The Kier molecular flexibility index (Phi) is 5.43. The van der Waals surface area contributed by atoms with Crippen LogP contribution in [0.25, 0.3) is 6.08 Å². The number of thioether (sulfide) groups is 1. The minimum Gasteiger partial charge on any atom is -0.382 e. The highest BCUT2D eigenvalue weighted by Crippen LogP contribution is 2.46. The molecule has 1 amide bonds. The van der Waals surface area contributed by atoms with Crippen LogP contribution in [0.3, 0.4) is 0 Å². The van der Waals surface area contributed by atoms with Crippen molar-refractivity contribution < 1.29 is 9.90 Å². The maximum atomic E-state index is 12.1. The van der Waals surface area contributed by atoms with E-state index in [4.69, 9.17) is 0 Å². The van der Waals surface area contributed by atoms with Gasteiger partial charge in [-0.2, -0.15) is 0 Å². The first-order valence-corrected chi connectivity index (χ1v) is 10.1. The Morgan fingerprint density at radius 3 is 2.71 bits per heavy atom. The number of carbonyl (C=O) groups excluding carboxylic acids is 1. The van der Waals surface area contributed by atoms with Crippen molar-refractivity contribution in [1.29, 1.82) is 0 Å². The predicted molar refractivity (Wildman–Crippen MR) is 101 cm³/mol. The van der Waals surface area contributed by atoms with Gasteiger partial charge in [0.05, 0.1) is 6.54 Å². The summed E-state index contributed by atoms with van der Waals surface area (Å²) in [6, 6.07) is 11.9. The maximum Gasteiger partial charge on any atom is 0.244 e. The number of carbonyl (C=O) groups is 1. The molecule has 0 unspecified atom stereocenters.